The zero-order chi connectivity index (χ0) is 22.1. The van der Waals surface area contributed by atoms with Crippen molar-refractivity contribution in [3.63, 3.8) is 0 Å². The minimum absolute atomic E-state index is 0.230. The van der Waals surface area contributed by atoms with E-state index in [1.807, 2.05) is 33.2 Å². The van der Waals surface area contributed by atoms with Crippen molar-refractivity contribution in [1.82, 2.24) is 19.4 Å². The van der Waals surface area contributed by atoms with Crippen molar-refractivity contribution in [3.8, 4) is 0 Å². The van der Waals surface area contributed by atoms with Crippen LogP contribution in [0.4, 0.5) is 16.3 Å². The highest BCUT2D eigenvalue weighted by Gasteiger charge is 2.27. The van der Waals surface area contributed by atoms with Crippen molar-refractivity contribution < 1.29 is 9.53 Å². The van der Waals surface area contributed by atoms with E-state index in [4.69, 9.17) is 9.72 Å². The smallest absolute Gasteiger partial charge is 0.410 e. The maximum absolute atomic E-state index is 12.3. The third-order valence-corrected chi connectivity index (χ3v) is 5.03. The van der Waals surface area contributed by atoms with Crippen LogP contribution in [0, 0.1) is 0 Å². The van der Waals surface area contributed by atoms with Gasteiger partial charge < -0.3 is 24.8 Å². The Labute approximate surface area is 179 Å². The Kier molecular flexibility index (Phi) is 6.43. The normalized spacial score (nSPS) is 15.8. The number of hydrogen-bond donors (Lipinski definition) is 2. The number of hydrogen-bond acceptors (Lipinski definition) is 6. The molecule has 1 aliphatic heterocycles. The number of anilines is 2. The number of ether oxygens (including phenoxy) is 1. The topological polar surface area (TPSA) is 84.3 Å². The van der Waals surface area contributed by atoms with Crippen molar-refractivity contribution in [2.24, 2.45) is 0 Å². The lowest BCUT2D eigenvalue weighted by atomic mass is 10.0. The molecule has 1 saturated heterocycles. The van der Waals surface area contributed by atoms with Gasteiger partial charge in [0.25, 0.3) is 0 Å². The Morgan fingerprint density at radius 2 is 1.87 bits per heavy atom. The number of rotatable bonds is 5. The second-order valence-electron chi connectivity index (χ2n) is 9.66. The minimum atomic E-state index is -0.468. The molecular weight excluding hydrogens is 380 g/mol. The fourth-order valence-corrected chi connectivity index (χ4v) is 3.62. The molecule has 0 spiro atoms. The summed E-state index contributed by atoms with van der Waals surface area (Å²) < 4.78 is 7.60. The van der Waals surface area contributed by atoms with Crippen LogP contribution in [-0.4, -0.2) is 56.3 Å². The number of imidazole rings is 1. The zero-order valence-electron chi connectivity index (χ0n) is 19.3. The van der Waals surface area contributed by atoms with Crippen molar-refractivity contribution in [2.45, 2.75) is 85.0 Å². The van der Waals surface area contributed by atoms with Gasteiger partial charge in [0.2, 0.25) is 0 Å². The van der Waals surface area contributed by atoms with Gasteiger partial charge in [-0.15, -0.1) is 0 Å². The standard InChI is InChI=1S/C22H36N6O2/c1-14(2)24-18-12-17(19-20(26-18)28(13-23-19)15(3)4)25-16-8-10-27(11-9-16)21(29)30-22(5,6)7/h12-16H,8-11H2,1-7H3,(H2,24,25,26). The van der Waals surface area contributed by atoms with E-state index in [2.05, 4.69) is 47.9 Å². The summed E-state index contributed by atoms with van der Waals surface area (Å²) in [5.74, 6) is 0.841. The number of piperidine rings is 1. The summed E-state index contributed by atoms with van der Waals surface area (Å²) in [6.07, 6.45) is 3.35. The van der Waals surface area contributed by atoms with E-state index in [-0.39, 0.29) is 24.2 Å². The summed E-state index contributed by atoms with van der Waals surface area (Å²) in [6.45, 7) is 15.5. The SMILES string of the molecule is CC(C)Nc1cc(NC2CCN(C(=O)OC(C)(C)C)CC2)c2ncn(C(C)C)c2n1. The van der Waals surface area contributed by atoms with Crippen LogP contribution in [-0.2, 0) is 4.74 Å². The third-order valence-electron chi connectivity index (χ3n) is 5.03. The molecule has 3 heterocycles. The molecule has 0 aromatic carbocycles. The van der Waals surface area contributed by atoms with E-state index in [9.17, 15) is 4.79 Å². The van der Waals surface area contributed by atoms with Gasteiger partial charge in [0, 0.05) is 37.3 Å². The van der Waals surface area contributed by atoms with Crippen LogP contribution < -0.4 is 10.6 Å². The Hall–Kier alpha value is -2.51. The summed E-state index contributed by atoms with van der Waals surface area (Å²) in [5.41, 5.74) is 2.28. The first kappa shape index (κ1) is 22.2. The monoisotopic (exact) mass is 416 g/mol. The maximum atomic E-state index is 12.3. The average molecular weight is 417 g/mol. The molecule has 30 heavy (non-hydrogen) atoms. The van der Waals surface area contributed by atoms with Crippen molar-refractivity contribution >= 4 is 28.8 Å². The molecule has 1 fully saturated rings. The van der Waals surface area contributed by atoms with E-state index in [1.54, 1.807) is 4.90 Å². The maximum Gasteiger partial charge on any atom is 0.410 e. The number of amides is 1. The molecule has 0 atom stereocenters. The molecule has 166 valence electrons. The van der Waals surface area contributed by atoms with Crippen LogP contribution in [0.3, 0.4) is 0 Å². The molecule has 0 aliphatic carbocycles. The van der Waals surface area contributed by atoms with Crippen molar-refractivity contribution in [1.29, 1.82) is 0 Å². The summed E-state index contributed by atoms with van der Waals surface area (Å²) >= 11 is 0. The van der Waals surface area contributed by atoms with Crippen LogP contribution >= 0.6 is 0 Å². The number of pyridine rings is 1. The van der Waals surface area contributed by atoms with E-state index >= 15 is 0 Å². The van der Waals surface area contributed by atoms with Gasteiger partial charge in [-0.05, 0) is 61.3 Å². The number of fused-ring (bicyclic) bond motifs is 1. The molecule has 0 bridgehead atoms. The lowest BCUT2D eigenvalue weighted by molar-refractivity contribution is 0.0210. The third kappa shape index (κ3) is 5.34. The highest BCUT2D eigenvalue weighted by Crippen LogP contribution is 2.28. The molecule has 2 N–H and O–H groups in total. The summed E-state index contributed by atoms with van der Waals surface area (Å²) in [6, 6.07) is 2.88. The predicted octanol–water partition coefficient (Wildman–Crippen LogP) is 4.64. The van der Waals surface area contributed by atoms with Crippen molar-refractivity contribution in [2.75, 3.05) is 23.7 Å². The molecule has 1 aliphatic rings. The molecular formula is C22H36N6O2. The Morgan fingerprint density at radius 3 is 2.43 bits per heavy atom. The Morgan fingerprint density at radius 1 is 1.20 bits per heavy atom. The van der Waals surface area contributed by atoms with Gasteiger partial charge in [0.05, 0.1) is 12.0 Å². The van der Waals surface area contributed by atoms with E-state index in [0.717, 1.165) is 35.5 Å². The zero-order valence-corrected chi connectivity index (χ0v) is 19.3. The highest BCUT2D eigenvalue weighted by atomic mass is 16.6. The first-order valence-corrected chi connectivity index (χ1v) is 10.9. The van der Waals surface area contributed by atoms with Gasteiger partial charge in [-0.1, -0.05) is 0 Å². The molecule has 3 rings (SSSR count). The first-order chi connectivity index (χ1) is 14.0. The van der Waals surface area contributed by atoms with Gasteiger partial charge in [0.15, 0.2) is 5.65 Å². The Bertz CT molecular complexity index is 876. The van der Waals surface area contributed by atoms with Crippen LogP contribution in [0.2, 0.25) is 0 Å². The second kappa shape index (κ2) is 8.70. The summed E-state index contributed by atoms with van der Waals surface area (Å²) in [4.78, 5) is 23.6. The largest absolute Gasteiger partial charge is 0.444 e. The quantitative estimate of drug-likeness (QED) is 0.738. The molecule has 0 saturated carbocycles. The number of aromatic nitrogens is 3. The number of nitrogens with zero attached hydrogens (tertiary/aromatic N) is 4. The number of nitrogens with one attached hydrogen (secondary N) is 2. The second-order valence-corrected chi connectivity index (χ2v) is 9.66. The fraction of sp³-hybridized carbons (Fsp3) is 0.682. The van der Waals surface area contributed by atoms with Gasteiger partial charge >= 0.3 is 6.09 Å². The van der Waals surface area contributed by atoms with Crippen LogP contribution in [0.5, 0.6) is 0 Å². The molecule has 2 aromatic rings. The van der Waals surface area contributed by atoms with Crippen LogP contribution in [0.25, 0.3) is 11.2 Å². The highest BCUT2D eigenvalue weighted by molar-refractivity contribution is 5.88. The first-order valence-electron chi connectivity index (χ1n) is 10.9. The predicted molar refractivity (Wildman–Crippen MR) is 121 cm³/mol. The summed E-state index contributed by atoms with van der Waals surface area (Å²) in [5, 5.41) is 7.08. The molecule has 8 nitrogen and oxygen atoms in total. The molecule has 2 aromatic heterocycles. The summed E-state index contributed by atoms with van der Waals surface area (Å²) in [7, 11) is 0. The van der Waals surface area contributed by atoms with E-state index in [1.165, 1.54) is 0 Å². The van der Waals surface area contributed by atoms with E-state index in [0.29, 0.717) is 13.1 Å². The molecule has 0 unspecified atom stereocenters. The van der Waals surface area contributed by atoms with Gasteiger partial charge in [0.1, 0.15) is 16.9 Å². The average Bonchev–Trinajstić information content (AvgIpc) is 3.04. The molecule has 0 radical (unpaired) electrons. The number of likely N-dealkylation sites (tertiary alicyclic amines) is 1. The fourth-order valence-electron chi connectivity index (χ4n) is 3.62. The van der Waals surface area contributed by atoms with Gasteiger partial charge in [-0.3, -0.25) is 0 Å². The van der Waals surface area contributed by atoms with Crippen LogP contribution in [0.15, 0.2) is 12.4 Å². The molecule has 8 heteroatoms. The van der Waals surface area contributed by atoms with E-state index < -0.39 is 5.60 Å². The van der Waals surface area contributed by atoms with Crippen molar-refractivity contribution in [3.05, 3.63) is 12.4 Å². The minimum Gasteiger partial charge on any atom is -0.444 e. The molecule has 1 amide bonds. The number of carbonyl (C=O) groups excluding carboxylic acids is 1. The van der Waals surface area contributed by atoms with Gasteiger partial charge in [-0.2, -0.15) is 0 Å². The lowest BCUT2D eigenvalue weighted by Gasteiger charge is -2.34. The van der Waals surface area contributed by atoms with Gasteiger partial charge in [-0.25, -0.2) is 14.8 Å². The number of carbonyl (C=O) groups is 1. The Balaban J connectivity index is 1.75. The van der Waals surface area contributed by atoms with Crippen LogP contribution in [0.1, 0.15) is 67.3 Å². The lowest BCUT2D eigenvalue weighted by Crippen LogP contribution is -2.44.